The highest BCUT2D eigenvalue weighted by atomic mass is 16.5. The van der Waals surface area contributed by atoms with E-state index in [9.17, 15) is 4.79 Å². The van der Waals surface area contributed by atoms with Gasteiger partial charge in [0.25, 0.3) is 0 Å². The molecule has 104 valence electrons. The van der Waals surface area contributed by atoms with E-state index in [0.717, 1.165) is 12.8 Å². The van der Waals surface area contributed by atoms with Crippen molar-refractivity contribution < 1.29 is 9.53 Å². The molecule has 0 unspecified atom stereocenters. The van der Waals surface area contributed by atoms with Gasteiger partial charge < -0.3 is 4.74 Å². The van der Waals surface area contributed by atoms with Crippen LogP contribution in [0, 0.1) is 0 Å². The van der Waals surface area contributed by atoms with E-state index < -0.39 is 0 Å². The van der Waals surface area contributed by atoms with E-state index in [1.54, 1.807) is 12.2 Å². The van der Waals surface area contributed by atoms with Gasteiger partial charge in [-0.1, -0.05) is 70.9 Å². The molecule has 18 heavy (non-hydrogen) atoms. The Balaban J connectivity index is 3.17. The van der Waals surface area contributed by atoms with Crippen LogP contribution < -0.4 is 0 Å². The number of carbonyl (C=O) groups excluding carboxylic acids is 1. The lowest BCUT2D eigenvalue weighted by molar-refractivity contribution is -0.138. The molecule has 2 heteroatoms. The lowest BCUT2D eigenvalue weighted by Gasteiger charge is -2.01. The lowest BCUT2D eigenvalue weighted by Crippen LogP contribution is -1.98. The average molecular weight is 252 g/mol. The minimum atomic E-state index is -0.143. The smallest absolute Gasteiger partial charge is 0.310 e. The maximum Gasteiger partial charge on any atom is 0.310 e. The van der Waals surface area contributed by atoms with Crippen LogP contribution in [0.15, 0.2) is 25.0 Å². The molecule has 0 rings (SSSR count). The van der Waals surface area contributed by atoms with Crippen LogP contribution in [0.3, 0.4) is 0 Å². The Bertz CT molecular complexity index is 231. The van der Waals surface area contributed by atoms with E-state index in [2.05, 4.69) is 13.5 Å². The van der Waals surface area contributed by atoms with Gasteiger partial charge in [-0.25, -0.2) is 0 Å². The molecule has 0 aromatic carbocycles. The fraction of sp³-hybridized carbons (Fsp3) is 0.688. The summed E-state index contributed by atoms with van der Waals surface area (Å²) in [5, 5.41) is 0. The van der Waals surface area contributed by atoms with E-state index in [-0.39, 0.29) is 5.97 Å². The molecular formula is C16H28O2. The predicted molar refractivity (Wildman–Crippen MR) is 77.3 cm³/mol. The largest absolute Gasteiger partial charge is 0.434 e. The first-order valence-electron chi connectivity index (χ1n) is 7.28. The molecule has 0 saturated heterocycles. The third-order valence-corrected chi connectivity index (χ3v) is 2.90. The Hall–Kier alpha value is -1.05. The monoisotopic (exact) mass is 252 g/mol. The molecule has 0 bridgehead atoms. The maximum absolute atomic E-state index is 11.2. The molecule has 2 nitrogen and oxygen atoms in total. The Kier molecular flexibility index (Phi) is 13.2. The highest BCUT2D eigenvalue weighted by molar-refractivity contribution is 5.69. The van der Waals surface area contributed by atoms with Crippen molar-refractivity contribution >= 4 is 5.97 Å². The van der Waals surface area contributed by atoms with Crippen molar-refractivity contribution in [1.29, 1.82) is 0 Å². The van der Waals surface area contributed by atoms with Gasteiger partial charge in [-0.05, 0) is 12.5 Å². The highest BCUT2D eigenvalue weighted by Crippen LogP contribution is 2.10. The predicted octanol–water partition coefficient (Wildman–Crippen LogP) is 5.15. The van der Waals surface area contributed by atoms with Crippen molar-refractivity contribution in [3.05, 3.63) is 25.0 Å². The van der Waals surface area contributed by atoms with Crippen LogP contribution in [0.1, 0.15) is 71.1 Å². The van der Waals surface area contributed by atoms with Crippen molar-refractivity contribution in [2.75, 3.05) is 0 Å². The Labute approximate surface area is 112 Å². The van der Waals surface area contributed by atoms with Crippen molar-refractivity contribution in [2.45, 2.75) is 71.1 Å². The molecule has 0 N–H and O–H groups in total. The molecule has 0 saturated carbocycles. The van der Waals surface area contributed by atoms with Crippen LogP contribution in [0.2, 0.25) is 0 Å². The molecule has 0 amide bonds. The van der Waals surface area contributed by atoms with Crippen molar-refractivity contribution in [2.24, 2.45) is 0 Å². The minimum Gasteiger partial charge on any atom is -0.434 e. The van der Waals surface area contributed by atoms with Crippen LogP contribution in [0.4, 0.5) is 0 Å². The van der Waals surface area contributed by atoms with Gasteiger partial charge in [-0.3, -0.25) is 4.79 Å². The van der Waals surface area contributed by atoms with Crippen LogP contribution in [-0.4, -0.2) is 5.97 Å². The van der Waals surface area contributed by atoms with E-state index in [4.69, 9.17) is 4.74 Å². The fourth-order valence-corrected chi connectivity index (χ4v) is 1.81. The molecule has 0 aromatic heterocycles. The summed E-state index contributed by atoms with van der Waals surface area (Å²) < 4.78 is 4.86. The van der Waals surface area contributed by atoms with Gasteiger partial charge in [0.1, 0.15) is 0 Å². The molecule has 0 aliphatic carbocycles. The summed E-state index contributed by atoms with van der Waals surface area (Å²) in [4.78, 5) is 11.2. The molecule has 0 aliphatic rings. The second kappa shape index (κ2) is 14.0. The zero-order valence-electron chi connectivity index (χ0n) is 11.8. The second-order valence-electron chi connectivity index (χ2n) is 4.63. The van der Waals surface area contributed by atoms with Crippen LogP contribution in [0.5, 0.6) is 0 Å². The third kappa shape index (κ3) is 13.0. The van der Waals surface area contributed by atoms with Crippen LogP contribution in [-0.2, 0) is 9.53 Å². The molecule has 0 radical (unpaired) electrons. The summed E-state index contributed by atoms with van der Waals surface area (Å²) in [7, 11) is 0. The first-order valence-corrected chi connectivity index (χ1v) is 7.28. The fourth-order valence-electron chi connectivity index (χ4n) is 1.81. The van der Waals surface area contributed by atoms with Crippen molar-refractivity contribution in [3.8, 4) is 0 Å². The van der Waals surface area contributed by atoms with E-state index in [0.29, 0.717) is 6.42 Å². The summed E-state index contributed by atoms with van der Waals surface area (Å²) in [5.41, 5.74) is 0. The summed E-state index contributed by atoms with van der Waals surface area (Å²) in [5.74, 6) is -0.143. The normalized spacial score (nSPS) is 10.7. The van der Waals surface area contributed by atoms with Crippen LogP contribution >= 0.6 is 0 Å². The summed E-state index contributed by atoms with van der Waals surface area (Å²) >= 11 is 0. The van der Waals surface area contributed by atoms with Gasteiger partial charge in [-0.15, -0.1) is 0 Å². The van der Waals surface area contributed by atoms with E-state index >= 15 is 0 Å². The molecule has 0 spiro atoms. The number of esters is 1. The number of carbonyl (C=O) groups is 1. The summed E-state index contributed by atoms with van der Waals surface area (Å²) in [6, 6.07) is 0. The van der Waals surface area contributed by atoms with Gasteiger partial charge in [0.15, 0.2) is 0 Å². The quantitative estimate of drug-likeness (QED) is 0.208. The van der Waals surface area contributed by atoms with Gasteiger partial charge >= 0.3 is 5.97 Å². The number of rotatable bonds is 12. The Morgan fingerprint density at radius 2 is 1.56 bits per heavy atom. The number of ether oxygens (including phenoxy) is 1. The zero-order chi connectivity index (χ0) is 13.5. The first kappa shape index (κ1) is 16.9. The van der Waals surface area contributed by atoms with Crippen LogP contribution in [0.25, 0.3) is 0 Å². The SMILES string of the molecule is C=CC=COC(=O)CCCCCCCCCCC. The number of hydrogen-bond donors (Lipinski definition) is 0. The van der Waals surface area contributed by atoms with Gasteiger partial charge in [0.2, 0.25) is 0 Å². The van der Waals surface area contributed by atoms with E-state index in [1.165, 1.54) is 51.2 Å². The van der Waals surface area contributed by atoms with Crippen molar-refractivity contribution in [3.63, 3.8) is 0 Å². The zero-order valence-corrected chi connectivity index (χ0v) is 11.8. The minimum absolute atomic E-state index is 0.143. The second-order valence-corrected chi connectivity index (χ2v) is 4.63. The Morgan fingerprint density at radius 1 is 1.00 bits per heavy atom. The number of allylic oxidation sites excluding steroid dienone is 2. The van der Waals surface area contributed by atoms with Gasteiger partial charge in [-0.2, -0.15) is 0 Å². The molecule has 0 heterocycles. The maximum atomic E-state index is 11.2. The third-order valence-electron chi connectivity index (χ3n) is 2.90. The van der Waals surface area contributed by atoms with E-state index in [1.807, 2.05) is 0 Å². The molecule has 0 aliphatic heterocycles. The molecule has 0 atom stereocenters. The average Bonchev–Trinajstić information content (AvgIpc) is 2.37. The highest BCUT2D eigenvalue weighted by Gasteiger charge is 2.00. The standard InChI is InChI=1S/C16H28O2/c1-3-5-7-8-9-10-11-12-13-14-16(17)18-15-6-4-2/h4,6,15H,2-3,5,7-14H2,1H3. The topological polar surface area (TPSA) is 26.3 Å². The first-order chi connectivity index (χ1) is 8.81. The number of hydrogen-bond acceptors (Lipinski definition) is 2. The summed E-state index contributed by atoms with van der Waals surface area (Å²) in [6.07, 6.45) is 16.5. The van der Waals surface area contributed by atoms with Gasteiger partial charge in [0.05, 0.1) is 6.26 Å². The van der Waals surface area contributed by atoms with Gasteiger partial charge in [0, 0.05) is 6.42 Å². The van der Waals surface area contributed by atoms with Crippen molar-refractivity contribution in [1.82, 2.24) is 0 Å². The lowest BCUT2D eigenvalue weighted by atomic mass is 10.1. The summed E-state index contributed by atoms with van der Waals surface area (Å²) in [6.45, 7) is 5.74. The molecular weight excluding hydrogens is 224 g/mol. The molecule has 0 fully saturated rings. The number of unbranched alkanes of at least 4 members (excludes halogenated alkanes) is 8. The molecule has 0 aromatic rings. The Morgan fingerprint density at radius 3 is 2.11 bits per heavy atom.